The van der Waals surface area contributed by atoms with Crippen LogP contribution < -0.4 is 4.90 Å². The summed E-state index contributed by atoms with van der Waals surface area (Å²) in [4.78, 5) is 17.3. The third-order valence-electron chi connectivity index (χ3n) is 5.65. The van der Waals surface area contributed by atoms with Crippen molar-refractivity contribution in [1.82, 2.24) is 4.90 Å². The van der Waals surface area contributed by atoms with Gasteiger partial charge in [-0.15, -0.1) is 0 Å². The second-order valence-corrected chi connectivity index (χ2v) is 7.49. The van der Waals surface area contributed by atoms with E-state index in [1.54, 1.807) is 0 Å². The van der Waals surface area contributed by atoms with E-state index in [1.807, 2.05) is 18.2 Å². The maximum Gasteiger partial charge on any atom is 0.256 e. The van der Waals surface area contributed by atoms with Crippen LogP contribution in [-0.4, -0.2) is 49.2 Å². The molecule has 0 N–H and O–H groups in total. The van der Waals surface area contributed by atoms with Crippen molar-refractivity contribution < 1.29 is 16.4 Å². The van der Waals surface area contributed by atoms with Crippen LogP contribution in [0.5, 0.6) is 0 Å². The first-order valence-electron chi connectivity index (χ1n) is 12.7. The van der Waals surface area contributed by atoms with E-state index in [-0.39, 0.29) is 29.7 Å². The zero-order chi connectivity index (χ0) is 23.5. The molecule has 2 fully saturated rings. The van der Waals surface area contributed by atoms with Gasteiger partial charge in [-0.2, -0.15) is 0 Å². The Bertz CT molecular complexity index is 961. The van der Waals surface area contributed by atoms with Gasteiger partial charge in [0.25, 0.3) is 5.91 Å². The second-order valence-electron chi connectivity index (χ2n) is 7.49. The first-order chi connectivity index (χ1) is 15.9. The molecule has 2 aromatic carbocycles. The summed E-state index contributed by atoms with van der Waals surface area (Å²) >= 11 is 0. The van der Waals surface area contributed by atoms with E-state index in [1.165, 1.54) is 10.5 Å². The van der Waals surface area contributed by atoms with E-state index >= 15 is 0 Å². The number of amides is 1. The molecule has 2 heterocycles. The second kappa shape index (κ2) is 9.35. The lowest BCUT2D eigenvalue weighted by Crippen LogP contribution is -2.50. The molecule has 0 spiro atoms. The van der Waals surface area contributed by atoms with Crippen molar-refractivity contribution >= 4 is 11.6 Å². The zero-order valence-electron chi connectivity index (χ0n) is 21.1. The van der Waals surface area contributed by atoms with Crippen LogP contribution in [0.3, 0.4) is 0 Å². The van der Waals surface area contributed by atoms with Gasteiger partial charge in [0.15, 0.2) is 0 Å². The van der Waals surface area contributed by atoms with Crippen molar-refractivity contribution in [2.24, 2.45) is 0 Å². The molecule has 0 aromatic heterocycles. The van der Waals surface area contributed by atoms with Crippen LogP contribution in [0.1, 0.15) is 38.1 Å². The summed E-state index contributed by atoms with van der Waals surface area (Å²) in [5.74, 6) is -0.297. The van der Waals surface area contributed by atoms with Crippen LogP contribution in [0.2, 0.25) is 0 Å². The lowest BCUT2D eigenvalue weighted by molar-refractivity contribution is -0.128. The molecular formula is C24H30N2O2. The quantitative estimate of drug-likeness (QED) is 0.758. The van der Waals surface area contributed by atoms with Crippen LogP contribution in [0, 0.1) is 0 Å². The van der Waals surface area contributed by atoms with Crippen LogP contribution >= 0.6 is 0 Å². The Morgan fingerprint density at radius 1 is 1.11 bits per heavy atom. The summed E-state index contributed by atoms with van der Waals surface area (Å²) in [6.07, 6.45) is 3.05. The van der Waals surface area contributed by atoms with Crippen molar-refractivity contribution in [3.8, 4) is 0 Å². The van der Waals surface area contributed by atoms with Crippen molar-refractivity contribution in [2.45, 2.75) is 44.2 Å². The van der Waals surface area contributed by atoms with Crippen LogP contribution in [0.25, 0.3) is 0 Å². The Morgan fingerprint density at radius 2 is 1.86 bits per heavy atom. The third kappa shape index (κ3) is 4.62. The maximum absolute atomic E-state index is 13.5. The van der Waals surface area contributed by atoms with Gasteiger partial charge in [-0.3, -0.25) is 4.79 Å². The van der Waals surface area contributed by atoms with Gasteiger partial charge in [0, 0.05) is 38.0 Å². The Hall–Kier alpha value is -2.17. The first-order valence-corrected chi connectivity index (χ1v) is 10.2. The average molecular weight is 384 g/mol. The fourth-order valence-corrected chi connectivity index (χ4v) is 4.10. The van der Waals surface area contributed by atoms with Crippen molar-refractivity contribution in [1.29, 1.82) is 0 Å². The summed E-state index contributed by atoms with van der Waals surface area (Å²) in [6, 6.07) is 8.12. The molecule has 0 saturated carbocycles. The number of hydrogen-bond acceptors (Lipinski definition) is 3. The minimum absolute atomic E-state index is 0.0239. The van der Waals surface area contributed by atoms with Gasteiger partial charge in [0.1, 0.15) is 6.10 Å². The van der Waals surface area contributed by atoms with Crippen molar-refractivity contribution in [3.05, 3.63) is 66.1 Å². The van der Waals surface area contributed by atoms with E-state index < -0.39 is 24.2 Å². The Labute approximate surface area is 175 Å². The normalized spacial score (nSPS) is 23.4. The monoisotopic (exact) mass is 383 g/mol. The third-order valence-corrected chi connectivity index (χ3v) is 5.65. The van der Waals surface area contributed by atoms with Gasteiger partial charge in [-0.25, -0.2) is 0 Å². The highest BCUT2D eigenvalue weighted by atomic mass is 16.5. The Balaban J connectivity index is 1.55. The topological polar surface area (TPSA) is 32.8 Å². The Kier molecular flexibility index (Phi) is 4.65. The molecule has 2 saturated heterocycles. The van der Waals surface area contributed by atoms with Crippen LogP contribution in [0.4, 0.5) is 5.69 Å². The molecule has 0 bridgehead atoms. The number of anilines is 1. The number of benzene rings is 2. The molecule has 1 unspecified atom stereocenters. The van der Waals surface area contributed by atoms with Gasteiger partial charge in [-0.1, -0.05) is 48.5 Å². The lowest BCUT2D eigenvalue weighted by Gasteiger charge is -2.39. The molecule has 2 aromatic rings. The molecule has 4 heteroatoms. The average Bonchev–Trinajstić information content (AvgIpc) is 3.39. The zero-order valence-corrected chi connectivity index (χ0v) is 16.1. The molecule has 0 radical (unpaired) electrons. The fraction of sp³-hybridized carbons (Fsp3) is 0.458. The summed E-state index contributed by atoms with van der Waals surface area (Å²) in [6.45, 7) is 2.99. The summed E-state index contributed by atoms with van der Waals surface area (Å²) in [5.41, 5.74) is 1.26. The van der Waals surface area contributed by atoms with E-state index in [4.69, 9.17) is 11.6 Å². The molecule has 1 atom stereocenters. The highest BCUT2D eigenvalue weighted by molar-refractivity contribution is 5.97. The fourth-order valence-electron chi connectivity index (χ4n) is 4.10. The van der Waals surface area contributed by atoms with E-state index in [0.717, 1.165) is 32.5 Å². The molecular weight excluding hydrogens is 348 g/mol. The largest absolute Gasteiger partial charge is 0.368 e. The molecule has 2 aliphatic rings. The van der Waals surface area contributed by atoms with Gasteiger partial charge >= 0.3 is 0 Å². The highest BCUT2D eigenvalue weighted by Gasteiger charge is 2.34. The van der Waals surface area contributed by atoms with E-state index in [9.17, 15) is 4.79 Å². The predicted octanol–water partition coefficient (Wildman–Crippen LogP) is 3.91. The van der Waals surface area contributed by atoms with Gasteiger partial charge in [0.2, 0.25) is 0 Å². The highest BCUT2D eigenvalue weighted by Crippen LogP contribution is 2.27. The number of piperidine rings is 1. The number of carbonyl (C=O) groups is 1. The van der Waals surface area contributed by atoms with E-state index in [0.29, 0.717) is 25.9 Å². The number of para-hydroxylation sites is 1. The van der Waals surface area contributed by atoms with Crippen LogP contribution in [0.15, 0.2) is 60.5 Å². The molecule has 2 aliphatic heterocycles. The number of rotatable bonds is 6. The molecule has 1 amide bonds. The molecule has 28 heavy (non-hydrogen) atoms. The molecule has 4 nitrogen and oxygen atoms in total. The lowest BCUT2D eigenvalue weighted by atomic mass is 10.00. The molecule has 148 valence electrons. The number of carbonyl (C=O) groups excluding carboxylic acids is 1. The minimum atomic E-state index is -0.626. The summed E-state index contributed by atoms with van der Waals surface area (Å²) < 4.78 is 46.6. The molecule has 0 aliphatic carbocycles. The summed E-state index contributed by atoms with van der Waals surface area (Å²) in [7, 11) is 0. The number of nitrogens with zero attached hydrogens (tertiary/aromatic N) is 2. The van der Waals surface area contributed by atoms with Gasteiger partial charge in [-0.05, 0) is 49.8 Å². The maximum atomic E-state index is 13.5. The Morgan fingerprint density at radius 3 is 2.54 bits per heavy atom. The minimum Gasteiger partial charge on any atom is -0.368 e. The number of ether oxygens (including phenoxy) is 1. The number of hydrogen-bond donors (Lipinski definition) is 0. The molecule has 4 rings (SSSR count). The standard InChI is InChI=1S/C24H30N2O2/c27-24(23-12-7-19-28-23)26(21-10-5-2-6-11-21)22-14-17-25(18-15-22)16-13-20-8-3-1-4-9-20/h1-6,8-11,22-23H,7,12-19H2/i2D,5D,6D,10D,11D. The summed E-state index contributed by atoms with van der Waals surface area (Å²) in [5, 5.41) is 0. The smallest absolute Gasteiger partial charge is 0.256 e. The van der Waals surface area contributed by atoms with E-state index in [2.05, 4.69) is 17.0 Å². The number of likely N-dealkylation sites (tertiary alicyclic amines) is 1. The van der Waals surface area contributed by atoms with Gasteiger partial charge < -0.3 is 14.5 Å². The van der Waals surface area contributed by atoms with Crippen LogP contribution in [-0.2, 0) is 16.0 Å². The van der Waals surface area contributed by atoms with Crippen molar-refractivity contribution in [2.75, 3.05) is 31.1 Å². The van der Waals surface area contributed by atoms with Gasteiger partial charge in [0.05, 0.1) is 6.85 Å². The predicted molar refractivity (Wildman–Crippen MR) is 113 cm³/mol. The van der Waals surface area contributed by atoms with Crippen molar-refractivity contribution in [3.63, 3.8) is 0 Å². The SMILES string of the molecule is [2H]c1c([2H])c([2H])c(N(C(=O)C2CCCO2)C2CCN(CCc3ccccc3)CC2)c([2H])c1[2H]. The first kappa shape index (κ1) is 13.9.